The molecule has 1 nitrogen and oxygen atoms in total. The van der Waals surface area contributed by atoms with Crippen molar-refractivity contribution in [3.05, 3.63) is 33.8 Å². The third-order valence-electron chi connectivity index (χ3n) is 3.67. The fourth-order valence-corrected chi connectivity index (χ4v) is 2.72. The van der Waals surface area contributed by atoms with Crippen LogP contribution in [0.1, 0.15) is 57.2 Å². The number of benzene rings is 1. The van der Waals surface area contributed by atoms with Crippen LogP contribution in [0.5, 0.6) is 0 Å². The van der Waals surface area contributed by atoms with E-state index in [0.29, 0.717) is 11.5 Å². The fourth-order valence-electron chi connectivity index (χ4n) is 2.19. The summed E-state index contributed by atoms with van der Waals surface area (Å²) in [6, 6.07) is 3.82. The van der Waals surface area contributed by atoms with Gasteiger partial charge in [-0.05, 0) is 49.1 Å². The quantitative estimate of drug-likeness (QED) is 0.629. The number of halogens is 4. The molecule has 0 saturated heterocycles. The van der Waals surface area contributed by atoms with Gasteiger partial charge in [0.1, 0.15) is 0 Å². The van der Waals surface area contributed by atoms with Crippen molar-refractivity contribution in [2.75, 3.05) is 6.54 Å². The van der Waals surface area contributed by atoms with Crippen LogP contribution in [-0.4, -0.2) is 6.54 Å². The number of alkyl halides is 3. The Morgan fingerprint density at radius 1 is 1.24 bits per heavy atom. The first-order valence-corrected chi connectivity index (χ1v) is 8.18. The largest absolute Gasteiger partial charge is 0.416 e. The van der Waals surface area contributed by atoms with Gasteiger partial charge in [0.05, 0.1) is 5.56 Å². The Balaban J connectivity index is 3.09. The highest BCUT2D eigenvalue weighted by Gasteiger charge is 2.31. The van der Waals surface area contributed by atoms with Crippen LogP contribution >= 0.6 is 15.9 Å². The molecule has 0 aliphatic rings. The molecule has 120 valence electrons. The smallest absolute Gasteiger partial charge is 0.310 e. The van der Waals surface area contributed by atoms with Crippen molar-refractivity contribution in [2.45, 2.75) is 52.3 Å². The monoisotopic (exact) mass is 365 g/mol. The van der Waals surface area contributed by atoms with Crippen LogP contribution in [0.3, 0.4) is 0 Å². The summed E-state index contributed by atoms with van der Waals surface area (Å²) < 4.78 is 39.5. The highest BCUT2D eigenvalue weighted by atomic mass is 79.9. The number of rotatable bonds is 7. The highest BCUT2D eigenvalue weighted by Crippen LogP contribution is 2.35. The van der Waals surface area contributed by atoms with Crippen LogP contribution in [0.4, 0.5) is 13.2 Å². The lowest BCUT2D eigenvalue weighted by Gasteiger charge is -2.24. The molecule has 0 aromatic heterocycles. The lowest BCUT2D eigenvalue weighted by atomic mass is 9.93. The normalized spacial score (nSPS) is 15.0. The molecular formula is C16H23BrF3N. The predicted octanol–water partition coefficient (Wildman–Crippen LogP) is 5.94. The van der Waals surface area contributed by atoms with Crippen LogP contribution in [0.15, 0.2) is 22.7 Å². The molecule has 0 bridgehead atoms. The molecule has 0 aliphatic carbocycles. The van der Waals surface area contributed by atoms with Crippen LogP contribution in [0.2, 0.25) is 0 Å². The van der Waals surface area contributed by atoms with Gasteiger partial charge in [-0.15, -0.1) is 0 Å². The van der Waals surface area contributed by atoms with E-state index >= 15 is 0 Å². The van der Waals surface area contributed by atoms with E-state index in [4.69, 9.17) is 0 Å². The van der Waals surface area contributed by atoms with Gasteiger partial charge in [-0.3, -0.25) is 0 Å². The Bertz CT molecular complexity index is 446. The second kappa shape index (κ2) is 8.18. The maximum absolute atomic E-state index is 12.9. The van der Waals surface area contributed by atoms with Gasteiger partial charge in [0, 0.05) is 10.5 Å². The minimum Gasteiger partial charge on any atom is -0.310 e. The lowest BCUT2D eigenvalue weighted by molar-refractivity contribution is -0.137. The summed E-state index contributed by atoms with van der Waals surface area (Å²) in [6.45, 7) is 7.07. The molecule has 0 fully saturated rings. The van der Waals surface area contributed by atoms with Gasteiger partial charge in [-0.1, -0.05) is 43.1 Å². The molecule has 21 heavy (non-hydrogen) atoms. The molecule has 0 amide bonds. The Hall–Kier alpha value is -0.550. The summed E-state index contributed by atoms with van der Waals surface area (Å²) >= 11 is 3.39. The van der Waals surface area contributed by atoms with Gasteiger partial charge < -0.3 is 5.32 Å². The number of nitrogens with one attached hydrogen (secondary N) is 1. The molecule has 1 aromatic carbocycles. The summed E-state index contributed by atoms with van der Waals surface area (Å²) in [6.07, 6.45) is -1.51. The molecule has 0 radical (unpaired) electrons. The maximum atomic E-state index is 12.9. The minimum absolute atomic E-state index is 0.0587. The van der Waals surface area contributed by atoms with Crippen molar-refractivity contribution in [3.8, 4) is 0 Å². The second-order valence-corrected chi connectivity index (χ2v) is 6.34. The first-order chi connectivity index (χ1) is 9.79. The van der Waals surface area contributed by atoms with Crippen LogP contribution in [0, 0.1) is 5.92 Å². The first-order valence-electron chi connectivity index (χ1n) is 7.39. The van der Waals surface area contributed by atoms with Crippen molar-refractivity contribution in [2.24, 2.45) is 5.92 Å². The zero-order valence-corrected chi connectivity index (χ0v) is 14.3. The zero-order chi connectivity index (χ0) is 16.0. The summed E-state index contributed by atoms with van der Waals surface area (Å²) in [5, 5.41) is 3.37. The molecule has 1 rings (SSSR count). The van der Waals surface area contributed by atoms with Crippen LogP contribution in [-0.2, 0) is 6.18 Å². The molecule has 0 spiro atoms. The molecule has 5 heteroatoms. The average molecular weight is 366 g/mol. The van der Waals surface area contributed by atoms with Crippen molar-refractivity contribution >= 4 is 15.9 Å². The first kappa shape index (κ1) is 18.5. The van der Waals surface area contributed by atoms with Crippen molar-refractivity contribution in [1.82, 2.24) is 5.32 Å². The third-order valence-corrected chi connectivity index (χ3v) is 4.40. The van der Waals surface area contributed by atoms with E-state index in [2.05, 4.69) is 42.0 Å². The molecule has 0 heterocycles. The van der Waals surface area contributed by atoms with Crippen LogP contribution < -0.4 is 5.32 Å². The van der Waals surface area contributed by atoms with E-state index in [-0.39, 0.29) is 6.04 Å². The summed E-state index contributed by atoms with van der Waals surface area (Å²) in [4.78, 5) is 0. The molecule has 2 atom stereocenters. The minimum atomic E-state index is -4.30. The van der Waals surface area contributed by atoms with E-state index in [1.165, 1.54) is 12.1 Å². The molecule has 1 aromatic rings. The van der Waals surface area contributed by atoms with Crippen molar-refractivity contribution in [1.29, 1.82) is 0 Å². The van der Waals surface area contributed by atoms with Gasteiger partial charge in [-0.2, -0.15) is 13.2 Å². The molecule has 0 aliphatic heterocycles. The SMILES string of the molecule is CCCNC(CC(C)CC)c1cc(C(F)(F)F)ccc1Br. The summed E-state index contributed by atoms with van der Waals surface area (Å²) in [7, 11) is 0. The molecular weight excluding hydrogens is 343 g/mol. The van der Waals surface area contributed by atoms with E-state index in [9.17, 15) is 13.2 Å². The molecule has 0 saturated carbocycles. The standard InChI is InChI=1S/C16H23BrF3N/c1-4-8-21-15(9-11(3)5-2)13-10-12(16(18,19)20)6-7-14(13)17/h6-7,10-11,15,21H,4-5,8-9H2,1-3H3. The van der Waals surface area contributed by atoms with E-state index in [1.54, 1.807) is 0 Å². The van der Waals surface area contributed by atoms with Gasteiger partial charge in [0.2, 0.25) is 0 Å². The number of hydrogen-bond donors (Lipinski definition) is 1. The van der Waals surface area contributed by atoms with E-state index in [0.717, 1.165) is 36.3 Å². The number of hydrogen-bond acceptors (Lipinski definition) is 1. The molecule has 1 N–H and O–H groups in total. The predicted molar refractivity (Wildman–Crippen MR) is 84.3 cm³/mol. The second-order valence-electron chi connectivity index (χ2n) is 5.49. The van der Waals surface area contributed by atoms with E-state index in [1.807, 2.05) is 0 Å². The Kier molecular flexibility index (Phi) is 7.21. The Morgan fingerprint density at radius 3 is 2.43 bits per heavy atom. The summed E-state index contributed by atoms with van der Waals surface area (Å²) in [5.74, 6) is 0.459. The van der Waals surface area contributed by atoms with Gasteiger partial charge in [0.25, 0.3) is 0 Å². The topological polar surface area (TPSA) is 12.0 Å². The van der Waals surface area contributed by atoms with Gasteiger partial charge >= 0.3 is 6.18 Å². The fraction of sp³-hybridized carbons (Fsp3) is 0.625. The van der Waals surface area contributed by atoms with E-state index < -0.39 is 11.7 Å². The maximum Gasteiger partial charge on any atom is 0.416 e. The third kappa shape index (κ3) is 5.62. The highest BCUT2D eigenvalue weighted by molar-refractivity contribution is 9.10. The van der Waals surface area contributed by atoms with Gasteiger partial charge in [0.15, 0.2) is 0 Å². The average Bonchev–Trinajstić information content (AvgIpc) is 2.42. The Morgan fingerprint density at radius 2 is 1.90 bits per heavy atom. The Labute approximate surface area is 133 Å². The van der Waals surface area contributed by atoms with Gasteiger partial charge in [-0.25, -0.2) is 0 Å². The van der Waals surface area contributed by atoms with Crippen molar-refractivity contribution in [3.63, 3.8) is 0 Å². The summed E-state index contributed by atoms with van der Waals surface area (Å²) in [5.41, 5.74) is 0.103. The zero-order valence-electron chi connectivity index (χ0n) is 12.7. The van der Waals surface area contributed by atoms with Crippen molar-refractivity contribution < 1.29 is 13.2 Å². The lowest BCUT2D eigenvalue weighted by Crippen LogP contribution is -2.24. The van der Waals surface area contributed by atoms with Crippen LogP contribution in [0.25, 0.3) is 0 Å². The molecule has 2 unspecified atom stereocenters.